The highest BCUT2D eigenvalue weighted by Crippen LogP contribution is 2.49. The number of alkyl carbamates (subject to hydrolysis) is 1. The Balaban J connectivity index is 1.63. The van der Waals surface area contributed by atoms with Crippen molar-refractivity contribution in [2.75, 3.05) is 39.0 Å². The summed E-state index contributed by atoms with van der Waals surface area (Å²) in [6.07, 6.45) is 1.86. The molecule has 3 aliphatic rings. The minimum atomic E-state index is -1.84. The van der Waals surface area contributed by atoms with E-state index in [-0.39, 0.29) is 47.8 Å². The number of epoxide rings is 1. The van der Waals surface area contributed by atoms with Gasteiger partial charge in [0.2, 0.25) is 17.7 Å². The van der Waals surface area contributed by atoms with Gasteiger partial charge in [0.1, 0.15) is 40.7 Å². The van der Waals surface area contributed by atoms with Gasteiger partial charge in [-0.1, -0.05) is 70.8 Å². The molecule has 322 valence electrons. The predicted octanol–water partition coefficient (Wildman–Crippen LogP) is 4.94. The number of hydrogen-bond acceptors (Lipinski definition) is 13. The van der Waals surface area contributed by atoms with Gasteiger partial charge in [-0.15, -0.1) is 0 Å². The van der Waals surface area contributed by atoms with E-state index < -0.39 is 65.7 Å². The van der Waals surface area contributed by atoms with E-state index in [0.717, 1.165) is 11.1 Å². The second-order valence-electron chi connectivity index (χ2n) is 15.4. The van der Waals surface area contributed by atoms with E-state index in [1.165, 1.54) is 41.9 Å². The molecule has 1 unspecified atom stereocenters. The number of halogens is 1. The largest absolute Gasteiger partial charge is 0.495 e. The lowest BCUT2D eigenvalue weighted by Crippen LogP contribution is -2.63. The summed E-state index contributed by atoms with van der Waals surface area (Å²) < 4.78 is 29.3. The third kappa shape index (κ3) is 11.6. The summed E-state index contributed by atoms with van der Waals surface area (Å²) in [6, 6.07) is 2.55. The number of primary amides is 1. The van der Waals surface area contributed by atoms with Crippen molar-refractivity contribution in [2.24, 2.45) is 11.7 Å². The lowest BCUT2D eigenvalue weighted by Gasteiger charge is -2.42. The number of likely N-dealkylation sites (N-methyl/N-ethyl adjacent to an activating group) is 1. The van der Waals surface area contributed by atoms with Crippen LogP contribution in [0.25, 0.3) is 0 Å². The van der Waals surface area contributed by atoms with E-state index in [1.54, 1.807) is 62.9 Å². The molecule has 1 aromatic rings. The second kappa shape index (κ2) is 20.2. The van der Waals surface area contributed by atoms with Gasteiger partial charge in [-0.2, -0.15) is 0 Å². The number of ether oxygens (including phenoxy) is 5. The minimum absolute atomic E-state index is 0.0648. The van der Waals surface area contributed by atoms with E-state index in [4.69, 9.17) is 41.0 Å². The molecule has 0 aliphatic carbocycles. The maximum absolute atomic E-state index is 14.2. The van der Waals surface area contributed by atoms with Crippen LogP contribution in [0.3, 0.4) is 0 Å². The van der Waals surface area contributed by atoms with Crippen LogP contribution in [-0.2, 0) is 44.5 Å². The number of carbonyl (C=O) groups excluding carboxylic acids is 5. The monoisotopic (exact) mass is 868 g/mol. The van der Waals surface area contributed by atoms with E-state index in [9.17, 15) is 29.1 Å². The highest BCUT2D eigenvalue weighted by Gasteiger charge is 2.64. The molecule has 9 atom stereocenters. The molecule has 0 aromatic heterocycles. The highest BCUT2D eigenvalue weighted by atomic mass is 35.5. The summed E-state index contributed by atoms with van der Waals surface area (Å²) in [5.41, 5.74) is 4.26. The van der Waals surface area contributed by atoms with Gasteiger partial charge < -0.3 is 44.3 Å². The van der Waals surface area contributed by atoms with Gasteiger partial charge in [-0.3, -0.25) is 19.7 Å². The van der Waals surface area contributed by atoms with Gasteiger partial charge in [-0.25, -0.2) is 9.59 Å². The Kier molecular flexibility index (Phi) is 16.4. The Morgan fingerprint density at radius 2 is 1.91 bits per heavy atom. The molecule has 3 heterocycles. The van der Waals surface area contributed by atoms with Crippen LogP contribution in [0.2, 0.25) is 5.02 Å². The van der Waals surface area contributed by atoms with E-state index in [2.05, 4.69) is 5.32 Å². The van der Waals surface area contributed by atoms with Gasteiger partial charge in [0.15, 0.2) is 5.72 Å². The van der Waals surface area contributed by atoms with Gasteiger partial charge in [0, 0.05) is 57.4 Å². The smallest absolute Gasteiger partial charge is 0.409 e. The molecular weight excluding hydrogens is 812 g/mol. The topological polar surface area (TPSA) is 200 Å². The number of fused-ring (bicyclic) bond motifs is 5. The lowest BCUT2D eigenvalue weighted by atomic mass is 9.83. The first kappa shape index (κ1) is 47.2. The molecule has 2 fully saturated rings. The number of nitrogens with two attached hydrogens (primary N) is 1. The van der Waals surface area contributed by atoms with Crippen molar-refractivity contribution in [2.45, 2.75) is 120 Å². The normalized spacial score (nSPS) is 30.0. The number of allylic oxidation sites excluding steroid dienone is 3. The van der Waals surface area contributed by atoms with Crippen molar-refractivity contribution in [3.63, 3.8) is 0 Å². The maximum atomic E-state index is 14.2. The zero-order chi connectivity index (χ0) is 43.1. The maximum Gasteiger partial charge on any atom is 0.409 e. The average Bonchev–Trinajstić information content (AvgIpc) is 3.87. The lowest BCUT2D eigenvalue weighted by molar-refractivity contribution is -0.162. The number of nitrogens with zero attached hydrogens (tertiary/aromatic N) is 2. The Hall–Kier alpha value is -3.48. The third-order valence-electron chi connectivity index (χ3n) is 11.0. The molecule has 3 aliphatic heterocycles. The van der Waals surface area contributed by atoms with Crippen molar-refractivity contribution >= 4 is 68.7 Å². The number of esters is 1. The molecule has 4 rings (SSSR count). The van der Waals surface area contributed by atoms with Crippen molar-refractivity contribution in [1.82, 2.24) is 10.2 Å². The van der Waals surface area contributed by atoms with Crippen LogP contribution in [0, 0.1) is 5.92 Å². The fourth-order valence-corrected chi connectivity index (χ4v) is 9.72. The summed E-state index contributed by atoms with van der Waals surface area (Å²) >= 11 is 6.78. The van der Waals surface area contributed by atoms with E-state index in [1.807, 2.05) is 19.9 Å². The molecule has 4 bridgehead atoms. The predicted molar refractivity (Wildman–Crippen MR) is 224 cm³/mol. The number of carbonyl (C=O) groups is 5. The number of hydrogen-bond donors (Lipinski definition) is 3. The zero-order valence-electron chi connectivity index (χ0n) is 34.6. The van der Waals surface area contributed by atoms with Crippen LogP contribution < -0.4 is 20.7 Å². The quantitative estimate of drug-likeness (QED) is 0.104. The molecule has 18 heteroatoms. The first-order valence-corrected chi connectivity index (χ1v) is 21.9. The standard InChI is InChI=1S/C40H57ClN4O11S2/c1-22-11-10-12-30(53-9)40(51)21-29(54-38(50)43-40)24(3)36-39(5,56-36)31(20-34(48)45(7)27-18-26(17-22)19-28(52-8)35(27)41)55-37(49)25(4)44(6)33(47)15-16-57-58-23(2)13-14-32(42)46/h10-12,18-19,23-25,29-31,36,51H,13-17,20-21H2,1-9H3,(H2,42,46)(H,43,50)/b12-10+,22-11+/t23?,24-,25-,29+,30-,31+,36+,39+,40+/m1/s1. The number of methoxy groups -OCH3 is 2. The number of nitrogens with one attached hydrogen (secondary N) is 1. The molecule has 4 amide bonds. The number of anilines is 1. The van der Waals surface area contributed by atoms with Crippen LogP contribution in [0.5, 0.6) is 5.75 Å². The van der Waals surface area contributed by atoms with Crippen LogP contribution in [0.4, 0.5) is 10.5 Å². The SMILES string of the molecule is COc1cc2cc(c1Cl)N(C)C(=O)C[C@H](OC(=O)[C@@H](C)N(C)C(=O)CCSSC(C)CCC(N)=O)[C@]1(C)O[C@H]1[C@H](C)[C@@H]1C[C@@](O)(NC(=O)O1)[C@H](OC)/C=C/C=C(\C)C2. The van der Waals surface area contributed by atoms with Gasteiger partial charge in [-0.05, 0) is 51.3 Å². The Morgan fingerprint density at radius 1 is 1.21 bits per heavy atom. The summed E-state index contributed by atoms with van der Waals surface area (Å²) in [7, 11) is 9.05. The van der Waals surface area contributed by atoms with Crippen LogP contribution in [0.15, 0.2) is 35.9 Å². The number of aliphatic hydroxyl groups is 1. The van der Waals surface area contributed by atoms with Gasteiger partial charge in [0.05, 0.1) is 25.3 Å². The Labute approximate surface area is 353 Å². The van der Waals surface area contributed by atoms with Gasteiger partial charge >= 0.3 is 12.1 Å². The average molecular weight is 870 g/mol. The number of benzene rings is 1. The number of amides is 4. The molecular formula is C40H57ClN4O11S2. The van der Waals surface area contributed by atoms with Crippen molar-refractivity contribution in [3.8, 4) is 5.75 Å². The summed E-state index contributed by atoms with van der Waals surface area (Å²) in [5, 5.41) is 14.7. The Morgan fingerprint density at radius 3 is 2.57 bits per heavy atom. The summed E-state index contributed by atoms with van der Waals surface area (Å²) in [6.45, 7) is 8.95. The van der Waals surface area contributed by atoms with Gasteiger partial charge in [0.25, 0.3) is 0 Å². The summed E-state index contributed by atoms with van der Waals surface area (Å²) in [5.74, 6) is -1.54. The molecule has 58 heavy (non-hydrogen) atoms. The molecule has 2 saturated heterocycles. The molecule has 0 spiro atoms. The minimum Gasteiger partial charge on any atom is -0.495 e. The first-order valence-electron chi connectivity index (χ1n) is 19.2. The van der Waals surface area contributed by atoms with Crippen LogP contribution in [-0.4, -0.2) is 121 Å². The van der Waals surface area contributed by atoms with Crippen molar-refractivity contribution in [1.29, 1.82) is 0 Å². The molecule has 1 aromatic carbocycles. The zero-order valence-corrected chi connectivity index (χ0v) is 37.0. The molecule has 15 nitrogen and oxygen atoms in total. The molecule has 0 saturated carbocycles. The molecule has 0 radical (unpaired) electrons. The highest BCUT2D eigenvalue weighted by molar-refractivity contribution is 8.76. The summed E-state index contributed by atoms with van der Waals surface area (Å²) in [4.78, 5) is 67.9. The third-order valence-corrected chi connectivity index (χ3v) is 14.3. The van der Waals surface area contributed by atoms with Crippen molar-refractivity contribution in [3.05, 3.63) is 46.5 Å². The second-order valence-corrected chi connectivity index (χ2v) is 18.7. The fraction of sp³-hybridized carbons (Fsp3) is 0.625. The first-order chi connectivity index (χ1) is 27.2. The van der Waals surface area contributed by atoms with Crippen molar-refractivity contribution < 1.29 is 52.8 Å². The van der Waals surface area contributed by atoms with Crippen LogP contribution >= 0.6 is 33.2 Å². The number of rotatable bonds is 13. The van der Waals surface area contributed by atoms with Crippen LogP contribution in [0.1, 0.15) is 72.3 Å². The van der Waals surface area contributed by atoms with E-state index in [0.29, 0.717) is 30.0 Å². The fourth-order valence-electron chi connectivity index (χ4n) is 7.08. The van der Waals surface area contributed by atoms with E-state index >= 15 is 0 Å². The Bertz CT molecular complexity index is 1770. The molecule has 4 N–H and O–H groups in total.